The fraction of sp³-hybridized carbons (Fsp3) is 0.273. The molecule has 1 unspecified atom stereocenters. The Bertz CT molecular complexity index is 451. The Labute approximate surface area is 104 Å². The summed E-state index contributed by atoms with van der Waals surface area (Å²) in [4.78, 5) is 23.0. The zero-order valence-electron chi connectivity index (χ0n) is 9.45. The molecule has 1 atom stereocenters. The molecule has 0 saturated heterocycles. The van der Waals surface area contributed by atoms with Gasteiger partial charge in [0, 0.05) is 17.5 Å². The van der Waals surface area contributed by atoms with Crippen molar-refractivity contribution >= 4 is 24.4 Å². The van der Waals surface area contributed by atoms with Gasteiger partial charge in [-0.3, -0.25) is 9.59 Å². The second kappa shape index (κ2) is 5.67. The van der Waals surface area contributed by atoms with Gasteiger partial charge in [-0.05, 0) is 25.1 Å². The Morgan fingerprint density at radius 3 is 2.59 bits per heavy atom. The first-order valence-electron chi connectivity index (χ1n) is 4.96. The van der Waals surface area contributed by atoms with Gasteiger partial charge in [-0.25, -0.2) is 4.39 Å². The molecule has 4 nitrogen and oxygen atoms in total. The molecule has 0 spiro atoms. The van der Waals surface area contributed by atoms with Crippen molar-refractivity contribution < 1.29 is 14.0 Å². The molecule has 17 heavy (non-hydrogen) atoms. The van der Waals surface area contributed by atoms with Crippen molar-refractivity contribution in [3.8, 4) is 0 Å². The van der Waals surface area contributed by atoms with E-state index < -0.39 is 17.8 Å². The van der Waals surface area contributed by atoms with Crippen molar-refractivity contribution in [2.75, 3.05) is 7.05 Å². The third-order valence-electron chi connectivity index (χ3n) is 2.20. The fourth-order valence-electron chi connectivity index (χ4n) is 1.22. The van der Waals surface area contributed by atoms with Crippen molar-refractivity contribution in [1.82, 2.24) is 10.6 Å². The van der Waals surface area contributed by atoms with Gasteiger partial charge in [0.1, 0.15) is 11.9 Å². The van der Waals surface area contributed by atoms with Crippen LogP contribution >= 0.6 is 12.6 Å². The molecule has 92 valence electrons. The highest BCUT2D eigenvalue weighted by Crippen LogP contribution is 2.14. The van der Waals surface area contributed by atoms with Crippen LogP contribution in [0.2, 0.25) is 0 Å². The summed E-state index contributed by atoms with van der Waals surface area (Å²) in [7, 11) is 1.48. The molecule has 1 rings (SSSR count). The van der Waals surface area contributed by atoms with E-state index in [9.17, 15) is 14.0 Å². The summed E-state index contributed by atoms with van der Waals surface area (Å²) >= 11 is 3.88. The van der Waals surface area contributed by atoms with Gasteiger partial charge < -0.3 is 10.6 Å². The van der Waals surface area contributed by atoms with E-state index in [0.29, 0.717) is 0 Å². The number of hydrogen-bond donors (Lipinski definition) is 3. The highest BCUT2D eigenvalue weighted by molar-refractivity contribution is 7.80. The van der Waals surface area contributed by atoms with Crippen LogP contribution in [-0.2, 0) is 4.79 Å². The van der Waals surface area contributed by atoms with Gasteiger partial charge in [0.15, 0.2) is 0 Å². The first-order chi connectivity index (χ1) is 7.95. The van der Waals surface area contributed by atoms with Crippen LogP contribution in [0.4, 0.5) is 4.39 Å². The zero-order valence-corrected chi connectivity index (χ0v) is 10.3. The summed E-state index contributed by atoms with van der Waals surface area (Å²) in [6, 6.07) is 3.15. The van der Waals surface area contributed by atoms with Gasteiger partial charge in [0.05, 0.1) is 0 Å². The number of nitrogens with one attached hydrogen (secondary N) is 2. The molecule has 0 bridgehead atoms. The lowest BCUT2D eigenvalue weighted by atomic mass is 10.2. The van der Waals surface area contributed by atoms with E-state index in [1.807, 2.05) is 0 Å². The lowest BCUT2D eigenvalue weighted by Gasteiger charge is -2.12. The van der Waals surface area contributed by atoms with Gasteiger partial charge in [0.2, 0.25) is 5.91 Å². The molecule has 0 aliphatic rings. The molecule has 2 N–H and O–H groups in total. The van der Waals surface area contributed by atoms with Gasteiger partial charge in [-0.15, -0.1) is 12.6 Å². The largest absolute Gasteiger partial charge is 0.357 e. The van der Waals surface area contributed by atoms with Gasteiger partial charge in [0.25, 0.3) is 5.91 Å². The Balaban J connectivity index is 2.76. The quantitative estimate of drug-likeness (QED) is 0.706. The fourth-order valence-corrected chi connectivity index (χ4v) is 1.43. The van der Waals surface area contributed by atoms with Crippen molar-refractivity contribution in [2.24, 2.45) is 0 Å². The van der Waals surface area contributed by atoms with Crippen LogP contribution < -0.4 is 10.6 Å². The number of carbonyl (C=O) groups excluding carboxylic acids is 2. The van der Waals surface area contributed by atoms with Crippen LogP contribution in [0.25, 0.3) is 0 Å². The van der Waals surface area contributed by atoms with E-state index in [1.54, 1.807) is 6.92 Å². The normalized spacial score (nSPS) is 11.8. The molecule has 0 aliphatic carbocycles. The maximum Gasteiger partial charge on any atom is 0.251 e. The van der Waals surface area contributed by atoms with E-state index in [0.717, 1.165) is 6.07 Å². The van der Waals surface area contributed by atoms with Gasteiger partial charge in [-0.2, -0.15) is 0 Å². The number of benzene rings is 1. The van der Waals surface area contributed by atoms with E-state index in [-0.39, 0.29) is 16.4 Å². The lowest BCUT2D eigenvalue weighted by molar-refractivity contribution is -0.122. The van der Waals surface area contributed by atoms with Crippen LogP contribution in [0.15, 0.2) is 23.1 Å². The van der Waals surface area contributed by atoms with Crippen LogP contribution in [-0.4, -0.2) is 24.9 Å². The Morgan fingerprint density at radius 1 is 1.41 bits per heavy atom. The number of likely N-dealkylation sites (N-methyl/N-ethyl adjacent to an activating group) is 1. The van der Waals surface area contributed by atoms with Crippen LogP contribution in [0.1, 0.15) is 17.3 Å². The second-order valence-electron chi connectivity index (χ2n) is 3.48. The van der Waals surface area contributed by atoms with Gasteiger partial charge in [-0.1, -0.05) is 0 Å². The molecule has 0 radical (unpaired) electrons. The van der Waals surface area contributed by atoms with Crippen molar-refractivity contribution in [2.45, 2.75) is 17.9 Å². The first kappa shape index (κ1) is 13.5. The summed E-state index contributed by atoms with van der Waals surface area (Å²) in [5, 5.41) is 4.90. The molecule has 1 aromatic rings. The number of thiol groups is 1. The van der Waals surface area contributed by atoms with E-state index in [1.165, 1.54) is 19.2 Å². The van der Waals surface area contributed by atoms with Crippen LogP contribution in [0.5, 0.6) is 0 Å². The van der Waals surface area contributed by atoms with Crippen LogP contribution in [0, 0.1) is 5.82 Å². The molecule has 0 heterocycles. The number of amides is 2. The van der Waals surface area contributed by atoms with Crippen molar-refractivity contribution in [1.29, 1.82) is 0 Å². The minimum atomic E-state index is -0.652. The molecule has 2 amide bonds. The highest BCUT2D eigenvalue weighted by atomic mass is 32.1. The molecule has 0 saturated carbocycles. The molecule has 6 heteroatoms. The molecular formula is C11H13FN2O2S. The molecule has 1 aromatic carbocycles. The van der Waals surface area contributed by atoms with Gasteiger partial charge >= 0.3 is 0 Å². The number of hydrogen-bond acceptors (Lipinski definition) is 3. The maximum absolute atomic E-state index is 12.9. The summed E-state index contributed by atoms with van der Waals surface area (Å²) in [6.45, 7) is 1.56. The summed E-state index contributed by atoms with van der Waals surface area (Å²) in [5.74, 6) is -1.24. The SMILES string of the molecule is CNC(=O)C(C)NC(=O)c1ccc(F)c(S)c1. The average Bonchev–Trinajstić information content (AvgIpc) is 2.31. The van der Waals surface area contributed by atoms with E-state index in [2.05, 4.69) is 23.3 Å². The monoisotopic (exact) mass is 256 g/mol. The number of halogens is 1. The Kier molecular flexibility index (Phi) is 4.51. The summed E-state index contributed by atoms with van der Waals surface area (Å²) < 4.78 is 12.9. The number of carbonyl (C=O) groups is 2. The maximum atomic E-state index is 12.9. The minimum Gasteiger partial charge on any atom is -0.357 e. The third kappa shape index (κ3) is 3.45. The third-order valence-corrected chi connectivity index (χ3v) is 2.54. The van der Waals surface area contributed by atoms with Crippen molar-refractivity contribution in [3.05, 3.63) is 29.6 Å². The lowest BCUT2D eigenvalue weighted by Crippen LogP contribution is -2.43. The average molecular weight is 256 g/mol. The predicted molar refractivity (Wildman–Crippen MR) is 64.6 cm³/mol. The summed E-state index contributed by atoms with van der Waals surface area (Å²) in [6.07, 6.45) is 0. The first-order valence-corrected chi connectivity index (χ1v) is 5.41. The topological polar surface area (TPSA) is 58.2 Å². The molecular weight excluding hydrogens is 243 g/mol. The van der Waals surface area contributed by atoms with Crippen LogP contribution in [0.3, 0.4) is 0 Å². The van der Waals surface area contributed by atoms with Crippen molar-refractivity contribution in [3.63, 3.8) is 0 Å². The molecule has 0 aliphatic heterocycles. The standard InChI is InChI=1S/C11H13FN2O2S/c1-6(10(15)13-2)14-11(16)7-3-4-8(12)9(17)5-7/h3-6,17H,1-2H3,(H,13,15)(H,14,16). The Hall–Kier alpha value is -1.56. The molecule has 0 aromatic heterocycles. The molecule has 0 fully saturated rings. The second-order valence-corrected chi connectivity index (χ2v) is 3.96. The zero-order chi connectivity index (χ0) is 13.0. The predicted octanol–water partition coefficient (Wildman–Crippen LogP) is 0.979. The number of rotatable bonds is 3. The van der Waals surface area contributed by atoms with E-state index >= 15 is 0 Å². The smallest absolute Gasteiger partial charge is 0.251 e. The highest BCUT2D eigenvalue weighted by Gasteiger charge is 2.15. The summed E-state index contributed by atoms with van der Waals surface area (Å²) in [5.41, 5.74) is 0.257. The minimum absolute atomic E-state index is 0.0882. The van der Waals surface area contributed by atoms with E-state index in [4.69, 9.17) is 0 Å². The Morgan fingerprint density at radius 2 is 2.06 bits per heavy atom.